The lowest BCUT2D eigenvalue weighted by Crippen LogP contribution is -2.30. The van der Waals surface area contributed by atoms with Crippen molar-refractivity contribution in [3.05, 3.63) is 71.8 Å². The van der Waals surface area contributed by atoms with Gasteiger partial charge in [0.15, 0.2) is 0 Å². The second-order valence-electron chi connectivity index (χ2n) is 12.4. The fourth-order valence-corrected chi connectivity index (χ4v) is 5.40. The van der Waals surface area contributed by atoms with E-state index < -0.39 is 17.9 Å². The molecule has 12 nitrogen and oxygen atoms in total. The van der Waals surface area contributed by atoms with Gasteiger partial charge in [0.2, 0.25) is 0 Å². The predicted octanol–water partition coefficient (Wildman–Crippen LogP) is 7.61. The van der Waals surface area contributed by atoms with E-state index >= 15 is 0 Å². The van der Waals surface area contributed by atoms with Crippen LogP contribution >= 0.6 is 0 Å². The normalized spacial score (nSPS) is 12.7. The van der Waals surface area contributed by atoms with Gasteiger partial charge >= 0.3 is 11.9 Å². The number of nitrogens with zero attached hydrogens (tertiary/aromatic N) is 3. The number of carbonyl (C=O) groups excluding carboxylic acids is 2. The van der Waals surface area contributed by atoms with E-state index in [1.54, 1.807) is 7.05 Å². The van der Waals surface area contributed by atoms with Gasteiger partial charge in [-0.05, 0) is 62.4 Å². The minimum atomic E-state index is -0.549. The van der Waals surface area contributed by atoms with Gasteiger partial charge < -0.3 is 38.1 Å². The molecule has 2 rings (SSSR count). The first kappa shape index (κ1) is 45.5. The smallest absolute Gasteiger partial charge is 0.309 e. The summed E-state index contributed by atoms with van der Waals surface area (Å²) in [5.74, 6) is -1.41. The molecule has 0 aromatic heterocycles. The van der Waals surface area contributed by atoms with Crippen LogP contribution in [0.3, 0.4) is 0 Å². The Morgan fingerprint density at radius 1 is 0.811 bits per heavy atom. The van der Waals surface area contributed by atoms with E-state index in [2.05, 4.69) is 59.3 Å². The Morgan fingerprint density at radius 3 is 2.04 bits per heavy atom. The number of azo groups is 1. The fraction of sp³-hybridized carbons (Fsp3) is 0.610. The van der Waals surface area contributed by atoms with Crippen molar-refractivity contribution in [2.24, 2.45) is 16.1 Å². The Morgan fingerprint density at radius 2 is 1.45 bits per heavy atom. The molecule has 0 aliphatic heterocycles. The molecule has 2 aromatic carbocycles. The second-order valence-corrected chi connectivity index (χ2v) is 12.4. The first-order chi connectivity index (χ1) is 25.9. The number of likely N-dealkylation sites (N-methyl/N-ethyl adjacent to an activating group) is 1. The summed E-state index contributed by atoms with van der Waals surface area (Å²) in [5.41, 5.74) is 4.19. The molecule has 53 heavy (non-hydrogen) atoms. The Balaban J connectivity index is 1.53. The third kappa shape index (κ3) is 20.4. The maximum atomic E-state index is 12.2. The van der Waals surface area contributed by atoms with Gasteiger partial charge in [0.05, 0.1) is 84.6 Å². The van der Waals surface area contributed by atoms with Crippen LogP contribution < -0.4 is 4.90 Å². The van der Waals surface area contributed by atoms with Crippen LogP contribution in [0.25, 0.3) is 0 Å². The lowest BCUT2D eigenvalue weighted by molar-refractivity contribution is -0.154. The van der Waals surface area contributed by atoms with Gasteiger partial charge in [0.1, 0.15) is 12.7 Å². The summed E-state index contributed by atoms with van der Waals surface area (Å²) in [6, 6.07) is 16.5. The van der Waals surface area contributed by atoms with Crippen molar-refractivity contribution in [2.45, 2.75) is 65.4 Å². The summed E-state index contributed by atoms with van der Waals surface area (Å²) in [6.45, 7) is 11.7. The highest BCUT2D eigenvalue weighted by Gasteiger charge is 2.22. The topological polar surface area (TPSA) is 127 Å². The van der Waals surface area contributed by atoms with Gasteiger partial charge in [-0.2, -0.15) is 10.2 Å². The van der Waals surface area contributed by atoms with Crippen molar-refractivity contribution in [3.8, 4) is 0 Å². The number of aryl methyl sites for hydroxylation is 1. The summed E-state index contributed by atoms with van der Waals surface area (Å²) < 4.78 is 38.8. The Bertz CT molecular complexity index is 1310. The third-order valence-electron chi connectivity index (χ3n) is 8.36. The number of carbonyl (C=O) groups is 2. The molecule has 2 aromatic rings. The second kappa shape index (κ2) is 29.7. The fourth-order valence-electron chi connectivity index (χ4n) is 5.40. The van der Waals surface area contributed by atoms with Gasteiger partial charge in [-0.3, -0.25) is 9.59 Å². The largest absolute Gasteiger partial charge is 0.469 e. The van der Waals surface area contributed by atoms with E-state index in [-0.39, 0.29) is 25.7 Å². The number of ether oxygens (including phenoxy) is 7. The maximum absolute atomic E-state index is 12.2. The lowest BCUT2D eigenvalue weighted by atomic mass is 10.0. The molecule has 2 unspecified atom stereocenters. The molecule has 2 atom stereocenters. The molecule has 0 aliphatic rings. The van der Waals surface area contributed by atoms with Crippen molar-refractivity contribution in [3.63, 3.8) is 0 Å². The van der Waals surface area contributed by atoms with Crippen LogP contribution in [0.15, 0.2) is 70.9 Å². The monoisotopic (exact) mass is 741 g/mol. The molecule has 0 spiro atoms. The van der Waals surface area contributed by atoms with Gasteiger partial charge in [0.25, 0.3) is 0 Å². The number of anilines is 1. The summed E-state index contributed by atoms with van der Waals surface area (Å²) in [6.07, 6.45) is 8.73. The highest BCUT2D eigenvalue weighted by Crippen LogP contribution is 2.28. The Labute approximate surface area is 317 Å². The molecule has 12 heteroatoms. The third-order valence-corrected chi connectivity index (χ3v) is 8.36. The predicted molar refractivity (Wildman–Crippen MR) is 207 cm³/mol. The molecule has 0 saturated carbocycles. The number of allylic oxidation sites excluding steroid dienone is 2. The number of hydrogen-bond donors (Lipinski definition) is 0. The molecule has 0 heterocycles. The zero-order valence-corrected chi connectivity index (χ0v) is 32.7. The van der Waals surface area contributed by atoms with Crippen LogP contribution in [-0.2, 0) is 42.7 Å². The van der Waals surface area contributed by atoms with Crippen molar-refractivity contribution >= 4 is 23.3 Å². The molecule has 0 N–H and O–H groups in total. The minimum Gasteiger partial charge on any atom is -0.469 e. The van der Waals surface area contributed by atoms with Crippen molar-refractivity contribution in [2.75, 3.05) is 98.2 Å². The number of methoxy groups -OCH3 is 1. The highest BCUT2D eigenvalue weighted by atomic mass is 16.6. The van der Waals surface area contributed by atoms with Gasteiger partial charge in [-0.25, -0.2) is 0 Å². The number of benzene rings is 2. The first-order valence-electron chi connectivity index (χ1n) is 18.9. The van der Waals surface area contributed by atoms with Crippen LogP contribution in [0.4, 0.5) is 11.4 Å². The van der Waals surface area contributed by atoms with Crippen LogP contribution in [0.1, 0.15) is 69.6 Å². The Hall–Kier alpha value is -3.68. The average Bonchev–Trinajstić information content (AvgIpc) is 3.17. The SMILES string of the molecule is CCCCC/C=C/CC(CC(=O)OCCOCCOCCOCCOCCOC(CN(CC)c1ccc(N=NC)c(C)c1)c1ccccc1)C(=O)OC. The van der Waals surface area contributed by atoms with Crippen LogP contribution in [-0.4, -0.2) is 105 Å². The van der Waals surface area contributed by atoms with Crippen LogP contribution in [0, 0.1) is 12.8 Å². The van der Waals surface area contributed by atoms with E-state index in [4.69, 9.17) is 33.2 Å². The van der Waals surface area contributed by atoms with Gasteiger partial charge in [-0.1, -0.05) is 62.2 Å². The molecule has 0 radical (unpaired) electrons. The maximum Gasteiger partial charge on any atom is 0.309 e. The number of rotatable bonds is 31. The molecule has 0 amide bonds. The van der Waals surface area contributed by atoms with E-state index in [0.717, 1.165) is 48.3 Å². The zero-order valence-electron chi connectivity index (χ0n) is 32.7. The standard InChI is InChI=1S/C41H63N3O9/c1-6-8-9-10-11-13-18-36(41(46)47-5)32-40(45)53-30-28-51-26-24-49-22-21-48-23-25-50-27-29-52-39(35-16-14-12-15-17-35)33-44(7-2)37-19-20-38(43-42-4)34(3)31-37/h11-17,19-20,31,36,39H,6-10,18,21-30,32-33H2,1-5H3/b13-11+,43-42?. The molecular weight excluding hydrogens is 678 g/mol. The van der Waals surface area contributed by atoms with Crippen molar-refractivity contribution in [1.29, 1.82) is 0 Å². The number of hydrogen-bond acceptors (Lipinski definition) is 12. The molecular formula is C41H63N3O9. The van der Waals surface area contributed by atoms with Gasteiger partial charge in [-0.15, -0.1) is 0 Å². The van der Waals surface area contributed by atoms with E-state index in [1.807, 2.05) is 37.3 Å². The molecule has 296 valence electrons. The van der Waals surface area contributed by atoms with Crippen molar-refractivity contribution < 1.29 is 42.7 Å². The molecule has 0 aliphatic carbocycles. The molecule has 0 saturated heterocycles. The zero-order chi connectivity index (χ0) is 38.4. The first-order valence-corrected chi connectivity index (χ1v) is 18.9. The molecule has 0 bridgehead atoms. The quantitative estimate of drug-likeness (QED) is 0.0330. The van der Waals surface area contributed by atoms with Crippen LogP contribution in [0.2, 0.25) is 0 Å². The molecule has 0 fully saturated rings. The minimum absolute atomic E-state index is 0.0227. The van der Waals surface area contributed by atoms with E-state index in [1.165, 1.54) is 13.5 Å². The lowest BCUT2D eigenvalue weighted by Gasteiger charge is -2.29. The average molecular weight is 742 g/mol. The summed E-state index contributed by atoms with van der Waals surface area (Å²) in [4.78, 5) is 26.6. The summed E-state index contributed by atoms with van der Waals surface area (Å²) in [7, 11) is 3.00. The van der Waals surface area contributed by atoms with Crippen molar-refractivity contribution in [1.82, 2.24) is 0 Å². The van der Waals surface area contributed by atoms with E-state index in [9.17, 15) is 9.59 Å². The summed E-state index contributed by atoms with van der Waals surface area (Å²) in [5, 5.41) is 8.10. The Kier molecular flexibility index (Phi) is 25.5. The number of esters is 2. The van der Waals surface area contributed by atoms with Crippen LogP contribution in [0.5, 0.6) is 0 Å². The highest BCUT2D eigenvalue weighted by molar-refractivity contribution is 5.80. The van der Waals surface area contributed by atoms with E-state index in [0.29, 0.717) is 65.8 Å². The summed E-state index contributed by atoms with van der Waals surface area (Å²) >= 11 is 0. The van der Waals surface area contributed by atoms with Gasteiger partial charge in [0, 0.05) is 25.8 Å². The number of unbranched alkanes of at least 4 members (excludes halogenated alkanes) is 3.